The van der Waals surface area contributed by atoms with E-state index in [2.05, 4.69) is 45.4 Å². The molecule has 2 aromatic carbocycles. The minimum atomic E-state index is 0.0109. The fourth-order valence-corrected chi connectivity index (χ4v) is 4.87. The maximum Gasteiger partial charge on any atom is 0.238 e. The van der Waals surface area contributed by atoms with Crippen molar-refractivity contribution in [3.63, 3.8) is 0 Å². The molecule has 0 aliphatic carbocycles. The SMILES string of the molecule is Cc1cc(C)cc(NC(=O)CN2CCC(C(=O)N3CCN(c4ccccc4)CC3)CC2)c1. The maximum atomic E-state index is 13.0. The second kappa shape index (κ2) is 10.2. The highest BCUT2D eigenvalue weighted by Crippen LogP contribution is 2.22. The van der Waals surface area contributed by atoms with Crippen LogP contribution in [0.5, 0.6) is 0 Å². The average Bonchev–Trinajstić information content (AvgIpc) is 2.79. The van der Waals surface area contributed by atoms with Gasteiger partial charge in [0.15, 0.2) is 0 Å². The van der Waals surface area contributed by atoms with Gasteiger partial charge in [-0.2, -0.15) is 0 Å². The van der Waals surface area contributed by atoms with Crippen LogP contribution in [0.2, 0.25) is 0 Å². The summed E-state index contributed by atoms with van der Waals surface area (Å²) < 4.78 is 0. The summed E-state index contributed by atoms with van der Waals surface area (Å²) in [6, 6.07) is 16.5. The fourth-order valence-electron chi connectivity index (χ4n) is 4.87. The Labute approximate surface area is 191 Å². The summed E-state index contributed by atoms with van der Waals surface area (Å²) in [4.78, 5) is 32.1. The Morgan fingerprint density at radius 3 is 2.12 bits per heavy atom. The van der Waals surface area contributed by atoms with Crippen LogP contribution in [0.3, 0.4) is 0 Å². The smallest absolute Gasteiger partial charge is 0.238 e. The number of para-hydroxylation sites is 1. The number of carbonyl (C=O) groups is 2. The van der Waals surface area contributed by atoms with Gasteiger partial charge in [0.2, 0.25) is 11.8 Å². The van der Waals surface area contributed by atoms with Gasteiger partial charge in [0, 0.05) is 43.5 Å². The van der Waals surface area contributed by atoms with E-state index in [1.54, 1.807) is 0 Å². The van der Waals surface area contributed by atoms with Crippen molar-refractivity contribution < 1.29 is 9.59 Å². The minimum absolute atomic E-state index is 0.0109. The number of amides is 2. The number of hydrogen-bond donors (Lipinski definition) is 1. The van der Waals surface area contributed by atoms with E-state index in [1.165, 1.54) is 5.69 Å². The quantitative estimate of drug-likeness (QED) is 0.785. The largest absolute Gasteiger partial charge is 0.368 e. The topological polar surface area (TPSA) is 55.9 Å². The van der Waals surface area contributed by atoms with Crippen LogP contribution in [-0.2, 0) is 9.59 Å². The molecule has 2 saturated heterocycles. The van der Waals surface area contributed by atoms with Crippen molar-refractivity contribution in [2.24, 2.45) is 5.92 Å². The first-order chi connectivity index (χ1) is 15.5. The number of likely N-dealkylation sites (tertiary alicyclic amines) is 1. The van der Waals surface area contributed by atoms with Crippen LogP contribution in [0.15, 0.2) is 48.5 Å². The Morgan fingerprint density at radius 2 is 1.50 bits per heavy atom. The number of piperidine rings is 1. The molecule has 0 bridgehead atoms. The average molecular weight is 435 g/mol. The highest BCUT2D eigenvalue weighted by atomic mass is 16.2. The Kier molecular flexibility index (Phi) is 7.10. The molecule has 2 amide bonds. The Bertz CT molecular complexity index is 910. The summed E-state index contributed by atoms with van der Waals surface area (Å²) in [6.45, 7) is 9.36. The third kappa shape index (κ3) is 5.68. The predicted molar refractivity (Wildman–Crippen MR) is 129 cm³/mol. The van der Waals surface area contributed by atoms with Crippen molar-refractivity contribution in [3.05, 3.63) is 59.7 Å². The molecule has 2 fully saturated rings. The van der Waals surface area contributed by atoms with Gasteiger partial charge in [-0.05, 0) is 75.2 Å². The van der Waals surface area contributed by atoms with E-state index in [1.807, 2.05) is 36.9 Å². The molecule has 4 rings (SSSR count). The zero-order valence-corrected chi connectivity index (χ0v) is 19.2. The van der Waals surface area contributed by atoms with Crippen LogP contribution in [0.25, 0.3) is 0 Å². The van der Waals surface area contributed by atoms with Gasteiger partial charge < -0.3 is 15.1 Å². The zero-order chi connectivity index (χ0) is 22.5. The molecule has 2 heterocycles. The number of aryl methyl sites for hydroxylation is 2. The third-order valence-electron chi connectivity index (χ3n) is 6.52. The van der Waals surface area contributed by atoms with Crippen LogP contribution in [-0.4, -0.2) is 67.4 Å². The van der Waals surface area contributed by atoms with Crippen molar-refractivity contribution >= 4 is 23.2 Å². The van der Waals surface area contributed by atoms with Gasteiger partial charge >= 0.3 is 0 Å². The highest BCUT2D eigenvalue weighted by molar-refractivity contribution is 5.92. The first kappa shape index (κ1) is 22.3. The highest BCUT2D eigenvalue weighted by Gasteiger charge is 2.30. The molecule has 32 heavy (non-hydrogen) atoms. The molecule has 0 spiro atoms. The van der Waals surface area contributed by atoms with E-state index >= 15 is 0 Å². The van der Waals surface area contributed by atoms with Gasteiger partial charge in [0.05, 0.1) is 6.54 Å². The third-order valence-corrected chi connectivity index (χ3v) is 6.52. The molecule has 0 atom stereocenters. The molecule has 2 aliphatic heterocycles. The molecule has 1 N–H and O–H groups in total. The summed E-state index contributed by atoms with van der Waals surface area (Å²) in [5, 5.41) is 3.01. The van der Waals surface area contributed by atoms with E-state index in [0.29, 0.717) is 6.54 Å². The second-order valence-corrected chi connectivity index (χ2v) is 9.12. The van der Waals surface area contributed by atoms with E-state index in [0.717, 1.165) is 68.9 Å². The first-order valence-corrected chi connectivity index (χ1v) is 11.7. The lowest BCUT2D eigenvalue weighted by Gasteiger charge is -2.39. The Hall–Kier alpha value is -2.86. The van der Waals surface area contributed by atoms with Crippen molar-refractivity contribution in [1.29, 1.82) is 0 Å². The molecule has 6 heteroatoms. The molecule has 2 aromatic rings. The number of benzene rings is 2. The molecular formula is C26H34N4O2. The predicted octanol–water partition coefficient (Wildman–Crippen LogP) is 3.30. The molecule has 6 nitrogen and oxygen atoms in total. The van der Waals surface area contributed by atoms with E-state index < -0.39 is 0 Å². The van der Waals surface area contributed by atoms with Gasteiger partial charge in [-0.25, -0.2) is 0 Å². The first-order valence-electron chi connectivity index (χ1n) is 11.7. The number of nitrogens with zero attached hydrogens (tertiary/aromatic N) is 3. The lowest BCUT2D eigenvalue weighted by molar-refractivity contribution is -0.137. The molecule has 0 aromatic heterocycles. The number of hydrogen-bond acceptors (Lipinski definition) is 4. The molecule has 0 unspecified atom stereocenters. The van der Waals surface area contributed by atoms with Gasteiger partial charge in [-0.1, -0.05) is 24.3 Å². The molecule has 0 saturated carbocycles. The van der Waals surface area contributed by atoms with Gasteiger partial charge in [-0.15, -0.1) is 0 Å². The van der Waals surface area contributed by atoms with Crippen molar-refractivity contribution in [2.75, 3.05) is 56.0 Å². The van der Waals surface area contributed by atoms with Crippen molar-refractivity contribution in [3.8, 4) is 0 Å². The van der Waals surface area contributed by atoms with E-state index in [9.17, 15) is 9.59 Å². The second-order valence-electron chi connectivity index (χ2n) is 9.12. The zero-order valence-electron chi connectivity index (χ0n) is 19.2. The van der Waals surface area contributed by atoms with Crippen LogP contribution in [0.1, 0.15) is 24.0 Å². The summed E-state index contributed by atoms with van der Waals surface area (Å²) >= 11 is 0. The van der Waals surface area contributed by atoms with Gasteiger partial charge in [0.1, 0.15) is 0 Å². The fraction of sp³-hybridized carbons (Fsp3) is 0.462. The lowest BCUT2D eigenvalue weighted by Crippen LogP contribution is -2.52. The summed E-state index contributed by atoms with van der Waals surface area (Å²) in [5.41, 5.74) is 4.37. The number of carbonyl (C=O) groups excluding carboxylic acids is 2. The van der Waals surface area contributed by atoms with Crippen molar-refractivity contribution in [2.45, 2.75) is 26.7 Å². The number of anilines is 2. The summed E-state index contributed by atoms with van der Waals surface area (Å²) in [6.07, 6.45) is 1.66. The Balaban J connectivity index is 1.20. The van der Waals surface area contributed by atoms with Gasteiger partial charge in [-0.3, -0.25) is 14.5 Å². The van der Waals surface area contributed by atoms with Crippen LogP contribution >= 0.6 is 0 Å². The number of piperazine rings is 1. The van der Waals surface area contributed by atoms with Crippen molar-refractivity contribution in [1.82, 2.24) is 9.80 Å². The summed E-state index contributed by atoms with van der Waals surface area (Å²) in [7, 11) is 0. The van der Waals surface area contributed by atoms with Crippen LogP contribution < -0.4 is 10.2 Å². The van der Waals surface area contributed by atoms with E-state index in [-0.39, 0.29) is 17.7 Å². The molecule has 170 valence electrons. The van der Waals surface area contributed by atoms with E-state index in [4.69, 9.17) is 0 Å². The normalized spacial score (nSPS) is 17.9. The standard InChI is InChI=1S/C26H34N4O2/c1-20-16-21(2)18-23(17-20)27-25(31)19-28-10-8-22(9-11-28)26(32)30-14-12-29(13-15-30)24-6-4-3-5-7-24/h3-7,16-18,22H,8-15,19H2,1-2H3,(H,27,31). The van der Waals surface area contributed by atoms with Crippen LogP contribution in [0.4, 0.5) is 11.4 Å². The van der Waals surface area contributed by atoms with Gasteiger partial charge in [0.25, 0.3) is 0 Å². The molecule has 0 radical (unpaired) electrons. The monoisotopic (exact) mass is 434 g/mol. The van der Waals surface area contributed by atoms with Crippen LogP contribution in [0, 0.1) is 19.8 Å². The Morgan fingerprint density at radius 1 is 0.875 bits per heavy atom. The maximum absolute atomic E-state index is 13.0. The minimum Gasteiger partial charge on any atom is -0.368 e. The number of rotatable bonds is 5. The molecule has 2 aliphatic rings. The summed E-state index contributed by atoms with van der Waals surface area (Å²) in [5.74, 6) is 0.380. The molecular weight excluding hydrogens is 400 g/mol. The lowest BCUT2D eigenvalue weighted by atomic mass is 9.95. The number of nitrogens with one attached hydrogen (secondary N) is 1.